The summed E-state index contributed by atoms with van der Waals surface area (Å²) in [6, 6.07) is 12.4. The van der Waals surface area contributed by atoms with E-state index in [-0.39, 0.29) is 23.7 Å². The Morgan fingerprint density at radius 2 is 1.75 bits per heavy atom. The van der Waals surface area contributed by atoms with E-state index < -0.39 is 16.0 Å². The van der Waals surface area contributed by atoms with Gasteiger partial charge >= 0.3 is 5.97 Å². The monoisotopic (exact) mass is 369 g/mol. The number of benzene rings is 2. The van der Waals surface area contributed by atoms with E-state index in [9.17, 15) is 13.2 Å². The molecule has 24 heavy (non-hydrogen) atoms. The molecule has 0 fully saturated rings. The molecule has 0 aliphatic heterocycles. The molecule has 0 amide bonds. The molecular formula is C16H16ClNO5S. The predicted octanol–water partition coefficient (Wildman–Crippen LogP) is 2.48. The van der Waals surface area contributed by atoms with Crippen LogP contribution in [0.2, 0.25) is 5.02 Å². The Balaban J connectivity index is 1.86. The molecule has 0 unspecified atom stereocenters. The quantitative estimate of drug-likeness (QED) is 0.599. The fraction of sp³-hybridized carbons (Fsp3) is 0.188. The van der Waals surface area contributed by atoms with Crippen LogP contribution in [0.4, 0.5) is 0 Å². The zero-order valence-electron chi connectivity index (χ0n) is 12.9. The number of halogens is 1. The Kier molecular flexibility index (Phi) is 6.19. The summed E-state index contributed by atoms with van der Waals surface area (Å²) in [5.74, 6) is -0.0528. The molecule has 1 N–H and O–H groups in total. The van der Waals surface area contributed by atoms with Crippen LogP contribution < -0.4 is 9.46 Å². The lowest BCUT2D eigenvalue weighted by atomic mass is 10.2. The zero-order chi connectivity index (χ0) is 17.6. The first kappa shape index (κ1) is 18.3. The molecular weight excluding hydrogens is 354 g/mol. The van der Waals surface area contributed by atoms with Gasteiger partial charge in [-0.25, -0.2) is 17.9 Å². The molecule has 128 valence electrons. The standard InChI is InChI=1S/C16H16ClNO5S/c1-18-24(20,21)13-8-6-12(7-9-13)16(19)23-11-10-22-15-5-3-2-4-14(15)17/h2-9,18H,10-11H2,1H3. The van der Waals surface area contributed by atoms with Crippen LogP contribution in [-0.4, -0.2) is 34.6 Å². The highest BCUT2D eigenvalue weighted by molar-refractivity contribution is 7.89. The number of nitrogens with one attached hydrogen (secondary N) is 1. The van der Waals surface area contributed by atoms with Crippen LogP contribution in [0.5, 0.6) is 5.75 Å². The maximum absolute atomic E-state index is 11.9. The molecule has 2 rings (SSSR count). The van der Waals surface area contributed by atoms with Gasteiger partial charge in [-0.15, -0.1) is 0 Å². The second-order valence-electron chi connectivity index (χ2n) is 4.65. The van der Waals surface area contributed by atoms with Crippen molar-refractivity contribution >= 4 is 27.6 Å². The number of rotatable bonds is 7. The first-order valence-corrected chi connectivity index (χ1v) is 8.88. The van der Waals surface area contributed by atoms with Gasteiger partial charge in [0.05, 0.1) is 15.5 Å². The molecule has 0 atom stereocenters. The molecule has 8 heteroatoms. The van der Waals surface area contributed by atoms with E-state index in [1.165, 1.54) is 31.3 Å². The highest BCUT2D eigenvalue weighted by Gasteiger charge is 2.13. The number of sulfonamides is 1. The minimum absolute atomic E-state index is 0.0423. The molecule has 0 spiro atoms. The van der Waals surface area contributed by atoms with Crippen molar-refractivity contribution in [3.63, 3.8) is 0 Å². The second-order valence-corrected chi connectivity index (χ2v) is 6.94. The predicted molar refractivity (Wildman–Crippen MR) is 89.9 cm³/mol. The maximum Gasteiger partial charge on any atom is 0.338 e. The summed E-state index contributed by atoms with van der Waals surface area (Å²) in [7, 11) is -2.21. The summed E-state index contributed by atoms with van der Waals surface area (Å²) in [5, 5.41) is 0.477. The number of carbonyl (C=O) groups excluding carboxylic acids is 1. The summed E-state index contributed by atoms with van der Waals surface area (Å²) in [6.45, 7) is 0.197. The summed E-state index contributed by atoms with van der Waals surface area (Å²) >= 11 is 5.94. The van der Waals surface area contributed by atoms with Crippen LogP contribution in [0.25, 0.3) is 0 Å². The van der Waals surface area contributed by atoms with Gasteiger partial charge in [-0.05, 0) is 43.4 Å². The van der Waals surface area contributed by atoms with Gasteiger partial charge < -0.3 is 9.47 Å². The fourth-order valence-corrected chi connectivity index (χ4v) is 2.74. The molecule has 0 aromatic heterocycles. The fourth-order valence-electron chi connectivity index (χ4n) is 1.82. The van der Waals surface area contributed by atoms with E-state index in [1.807, 2.05) is 0 Å². The Bertz CT molecular complexity index is 805. The lowest BCUT2D eigenvalue weighted by molar-refractivity contribution is 0.0450. The first-order chi connectivity index (χ1) is 11.4. The van der Waals surface area contributed by atoms with Crippen LogP contribution in [0, 0.1) is 0 Å². The molecule has 2 aromatic carbocycles. The lowest BCUT2D eigenvalue weighted by Crippen LogP contribution is -2.18. The molecule has 0 aliphatic carbocycles. The van der Waals surface area contributed by atoms with E-state index in [0.717, 1.165) is 0 Å². The smallest absolute Gasteiger partial charge is 0.338 e. The summed E-state index contributed by atoms with van der Waals surface area (Å²) in [5.41, 5.74) is 0.253. The van der Waals surface area contributed by atoms with Gasteiger partial charge in [0.25, 0.3) is 0 Å². The summed E-state index contributed by atoms with van der Waals surface area (Å²) in [6.07, 6.45) is 0. The third kappa shape index (κ3) is 4.70. The number of carbonyl (C=O) groups is 1. The molecule has 0 heterocycles. The Labute approximate surface area is 145 Å². The Morgan fingerprint density at radius 1 is 1.08 bits per heavy atom. The third-order valence-electron chi connectivity index (χ3n) is 3.08. The van der Waals surface area contributed by atoms with Crippen molar-refractivity contribution in [1.82, 2.24) is 4.72 Å². The van der Waals surface area contributed by atoms with Gasteiger partial charge in [0.1, 0.15) is 19.0 Å². The van der Waals surface area contributed by atoms with Crippen LogP contribution in [0.1, 0.15) is 10.4 Å². The van der Waals surface area contributed by atoms with E-state index in [0.29, 0.717) is 10.8 Å². The number of hydrogen-bond acceptors (Lipinski definition) is 5. The van der Waals surface area contributed by atoms with Gasteiger partial charge in [-0.1, -0.05) is 23.7 Å². The van der Waals surface area contributed by atoms with E-state index >= 15 is 0 Å². The minimum atomic E-state index is -3.53. The van der Waals surface area contributed by atoms with E-state index in [4.69, 9.17) is 21.1 Å². The van der Waals surface area contributed by atoms with Crippen LogP contribution >= 0.6 is 11.6 Å². The lowest BCUT2D eigenvalue weighted by Gasteiger charge is -2.09. The topological polar surface area (TPSA) is 81.7 Å². The molecule has 0 saturated carbocycles. The van der Waals surface area contributed by atoms with Crippen LogP contribution in [0.3, 0.4) is 0 Å². The molecule has 6 nitrogen and oxygen atoms in total. The Hall–Kier alpha value is -2.09. The second kappa shape index (κ2) is 8.14. The molecule has 0 bridgehead atoms. The van der Waals surface area contributed by atoms with Gasteiger partial charge in [0.2, 0.25) is 10.0 Å². The third-order valence-corrected chi connectivity index (χ3v) is 4.82. The number of hydrogen-bond donors (Lipinski definition) is 1. The highest BCUT2D eigenvalue weighted by atomic mass is 35.5. The highest BCUT2D eigenvalue weighted by Crippen LogP contribution is 2.22. The average molecular weight is 370 g/mol. The number of ether oxygens (including phenoxy) is 2. The van der Waals surface area contributed by atoms with Crippen LogP contribution in [-0.2, 0) is 14.8 Å². The van der Waals surface area contributed by atoms with Crippen molar-refractivity contribution in [3.8, 4) is 5.75 Å². The normalized spacial score (nSPS) is 11.1. The van der Waals surface area contributed by atoms with Crippen molar-refractivity contribution < 1.29 is 22.7 Å². The first-order valence-electron chi connectivity index (χ1n) is 7.02. The molecule has 0 radical (unpaired) electrons. The van der Waals surface area contributed by atoms with Gasteiger partial charge in [-0.2, -0.15) is 0 Å². The zero-order valence-corrected chi connectivity index (χ0v) is 14.4. The van der Waals surface area contributed by atoms with Crippen molar-refractivity contribution in [2.24, 2.45) is 0 Å². The average Bonchev–Trinajstić information content (AvgIpc) is 2.60. The van der Waals surface area contributed by atoms with Crippen molar-refractivity contribution in [1.29, 1.82) is 0 Å². The number of esters is 1. The summed E-state index contributed by atoms with van der Waals surface area (Å²) < 4.78 is 35.9. The summed E-state index contributed by atoms with van der Waals surface area (Å²) in [4.78, 5) is 12.0. The van der Waals surface area contributed by atoms with Gasteiger partial charge in [-0.3, -0.25) is 0 Å². The number of para-hydroxylation sites is 1. The van der Waals surface area contributed by atoms with E-state index in [2.05, 4.69) is 4.72 Å². The van der Waals surface area contributed by atoms with Gasteiger partial charge in [0.15, 0.2) is 0 Å². The van der Waals surface area contributed by atoms with Crippen molar-refractivity contribution in [2.75, 3.05) is 20.3 Å². The SMILES string of the molecule is CNS(=O)(=O)c1ccc(C(=O)OCCOc2ccccc2Cl)cc1. The molecule has 0 saturated heterocycles. The minimum Gasteiger partial charge on any atom is -0.488 e. The van der Waals surface area contributed by atoms with Crippen molar-refractivity contribution in [3.05, 3.63) is 59.1 Å². The molecule has 0 aliphatic rings. The van der Waals surface area contributed by atoms with Gasteiger partial charge in [0, 0.05) is 0 Å². The largest absolute Gasteiger partial charge is 0.488 e. The Morgan fingerprint density at radius 3 is 2.38 bits per heavy atom. The van der Waals surface area contributed by atoms with Crippen LogP contribution in [0.15, 0.2) is 53.4 Å². The van der Waals surface area contributed by atoms with E-state index in [1.54, 1.807) is 24.3 Å². The maximum atomic E-state index is 11.9. The molecule has 2 aromatic rings. The van der Waals surface area contributed by atoms with Crippen molar-refractivity contribution in [2.45, 2.75) is 4.90 Å².